The minimum atomic E-state index is 0. The molecule has 0 amide bonds. The molecule has 0 aliphatic carbocycles. The van der Waals surface area contributed by atoms with Crippen LogP contribution in [-0.2, 0) is 0 Å². The molecule has 0 spiro atoms. The molecule has 1 heterocycles. The zero-order valence-electron chi connectivity index (χ0n) is 6.26. The van der Waals surface area contributed by atoms with E-state index in [1.807, 2.05) is 0 Å². The Balaban J connectivity index is 0. The first kappa shape index (κ1) is 11.9. The average Bonchev–Trinajstić information content (AvgIpc) is 2.11. The van der Waals surface area contributed by atoms with E-state index < -0.39 is 0 Å². The lowest BCUT2D eigenvalue weighted by Gasteiger charge is -1.79. The first-order chi connectivity index (χ1) is 4.23. The van der Waals surface area contributed by atoms with E-state index in [-0.39, 0.29) is 7.43 Å². The average molecular weight is 142 g/mol. The summed E-state index contributed by atoms with van der Waals surface area (Å²) >= 11 is 0. The second-order valence-electron chi connectivity index (χ2n) is 2.49. The van der Waals surface area contributed by atoms with Gasteiger partial charge >= 0.3 is 0 Å². The summed E-state index contributed by atoms with van der Waals surface area (Å²) in [5, 5.41) is 0. The Morgan fingerprint density at radius 1 is 1.30 bits per heavy atom. The van der Waals surface area contributed by atoms with E-state index in [0.29, 0.717) is 0 Å². The van der Waals surface area contributed by atoms with E-state index in [2.05, 4.69) is 30.7 Å². The van der Waals surface area contributed by atoms with Crippen LogP contribution in [0.15, 0.2) is 18.7 Å². The summed E-state index contributed by atoms with van der Waals surface area (Å²) in [5.74, 6) is 0.833. The summed E-state index contributed by atoms with van der Waals surface area (Å²) in [6, 6.07) is 0. The van der Waals surface area contributed by atoms with Crippen molar-refractivity contribution in [2.24, 2.45) is 5.92 Å². The molecule has 1 aromatic rings. The molecule has 2 heteroatoms. The molecule has 0 saturated heterocycles. The number of aromatic nitrogens is 2. The van der Waals surface area contributed by atoms with Crippen molar-refractivity contribution in [2.45, 2.75) is 28.2 Å². The fraction of sp³-hybridized carbons (Fsp3) is 0.625. The van der Waals surface area contributed by atoms with Gasteiger partial charge in [0.25, 0.3) is 0 Å². The van der Waals surface area contributed by atoms with Gasteiger partial charge < -0.3 is 4.98 Å². The molecule has 1 rings (SSSR count). The maximum atomic E-state index is 3.67. The number of rotatable bonds is 0. The van der Waals surface area contributed by atoms with Crippen LogP contribution < -0.4 is 0 Å². The molecule has 0 bridgehead atoms. The van der Waals surface area contributed by atoms with Crippen LogP contribution in [-0.4, -0.2) is 9.97 Å². The Morgan fingerprint density at radius 3 is 1.90 bits per heavy atom. The molecular formula is C8H18N2. The van der Waals surface area contributed by atoms with Gasteiger partial charge in [0.2, 0.25) is 0 Å². The van der Waals surface area contributed by atoms with Crippen LogP contribution in [0.2, 0.25) is 0 Å². The first-order valence-corrected chi connectivity index (χ1v) is 3.16. The van der Waals surface area contributed by atoms with Crippen LogP contribution in [0.25, 0.3) is 0 Å². The van der Waals surface area contributed by atoms with Crippen molar-refractivity contribution >= 4 is 0 Å². The standard InChI is InChI=1S/C4H10.C3H4N2.CH4/c1-4(2)3;1-2-5-3-4-1;/h4H,1-3H3;1-3H,(H,4,5);1H4. The fourth-order valence-electron chi connectivity index (χ4n) is 0.215. The number of nitrogens with one attached hydrogen (secondary N) is 1. The van der Waals surface area contributed by atoms with Gasteiger partial charge in [-0.15, -0.1) is 0 Å². The second kappa shape index (κ2) is 8.21. The topological polar surface area (TPSA) is 28.7 Å². The van der Waals surface area contributed by atoms with Gasteiger partial charge in [-0.2, -0.15) is 0 Å². The molecule has 60 valence electrons. The van der Waals surface area contributed by atoms with Crippen LogP contribution in [0, 0.1) is 5.92 Å². The van der Waals surface area contributed by atoms with Crippen LogP contribution >= 0.6 is 0 Å². The third-order valence-corrected chi connectivity index (χ3v) is 0.406. The Hall–Kier alpha value is -0.790. The molecule has 0 atom stereocenters. The van der Waals surface area contributed by atoms with E-state index in [0.717, 1.165) is 5.92 Å². The van der Waals surface area contributed by atoms with Crippen LogP contribution in [0.5, 0.6) is 0 Å². The summed E-state index contributed by atoms with van der Waals surface area (Å²) in [4.78, 5) is 6.42. The summed E-state index contributed by atoms with van der Waals surface area (Å²) < 4.78 is 0. The van der Waals surface area contributed by atoms with E-state index in [4.69, 9.17) is 0 Å². The molecule has 1 N–H and O–H groups in total. The summed E-state index contributed by atoms with van der Waals surface area (Å²) in [7, 11) is 0. The van der Waals surface area contributed by atoms with Gasteiger partial charge in [-0.3, -0.25) is 0 Å². The lowest BCUT2D eigenvalue weighted by atomic mass is 10.3. The second-order valence-corrected chi connectivity index (χ2v) is 2.49. The lowest BCUT2D eigenvalue weighted by molar-refractivity contribution is 0.737. The van der Waals surface area contributed by atoms with Gasteiger partial charge in [0.05, 0.1) is 6.33 Å². The quantitative estimate of drug-likeness (QED) is 0.592. The number of nitrogens with zero attached hydrogens (tertiary/aromatic N) is 1. The molecule has 1 aromatic heterocycles. The maximum Gasteiger partial charge on any atom is 0.0919 e. The van der Waals surface area contributed by atoms with Crippen molar-refractivity contribution in [3.05, 3.63) is 18.7 Å². The van der Waals surface area contributed by atoms with Gasteiger partial charge in [0, 0.05) is 12.4 Å². The highest BCUT2D eigenvalue weighted by atomic mass is 14.8. The Bertz CT molecular complexity index is 90.8. The minimum absolute atomic E-state index is 0. The van der Waals surface area contributed by atoms with E-state index in [1.54, 1.807) is 18.7 Å². The maximum absolute atomic E-state index is 3.67. The van der Waals surface area contributed by atoms with Crippen molar-refractivity contribution in [2.75, 3.05) is 0 Å². The predicted molar refractivity (Wildman–Crippen MR) is 45.8 cm³/mol. The molecule has 0 fully saturated rings. The molecule has 0 aliphatic heterocycles. The van der Waals surface area contributed by atoms with Crippen LogP contribution in [0.3, 0.4) is 0 Å². The van der Waals surface area contributed by atoms with Gasteiger partial charge in [0.15, 0.2) is 0 Å². The summed E-state index contributed by atoms with van der Waals surface area (Å²) in [6.45, 7) is 6.50. The van der Waals surface area contributed by atoms with Crippen molar-refractivity contribution < 1.29 is 0 Å². The number of hydrogen-bond acceptors (Lipinski definition) is 1. The van der Waals surface area contributed by atoms with Gasteiger partial charge in [-0.25, -0.2) is 4.98 Å². The highest BCUT2D eigenvalue weighted by Crippen LogP contribution is 1.81. The minimum Gasteiger partial charge on any atom is -0.351 e. The highest BCUT2D eigenvalue weighted by Gasteiger charge is 1.68. The highest BCUT2D eigenvalue weighted by molar-refractivity contribution is 4.64. The zero-order valence-corrected chi connectivity index (χ0v) is 6.26. The summed E-state index contributed by atoms with van der Waals surface area (Å²) in [6.07, 6.45) is 5.08. The number of aromatic amines is 1. The van der Waals surface area contributed by atoms with Gasteiger partial charge in [-0.05, 0) is 5.92 Å². The predicted octanol–water partition coefficient (Wildman–Crippen LogP) is 2.71. The van der Waals surface area contributed by atoms with Crippen molar-refractivity contribution in [1.29, 1.82) is 0 Å². The Morgan fingerprint density at radius 2 is 1.80 bits per heavy atom. The molecule has 0 aromatic carbocycles. The third-order valence-electron chi connectivity index (χ3n) is 0.406. The van der Waals surface area contributed by atoms with Gasteiger partial charge in [-0.1, -0.05) is 28.2 Å². The smallest absolute Gasteiger partial charge is 0.0919 e. The molecule has 10 heavy (non-hydrogen) atoms. The van der Waals surface area contributed by atoms with Gasteiger partial charge in [0.1, 0.15) is 0 Å². The monoisotopic (exact) mass is 142 g/mol. The fourth-order valence-corrected chi connectivity index (χ4v) is 0.215. The Labute approximate surface area is 63.7 Å². The van der Waals surface area contributed by atoms with E-state index >= 15 is 0 Å². The molecular weight excluding hydrogens is 124 g/mol. The molecule has 2 nitrogen and oxygen atoms in total. The first-order valence-electron chi connectivity index (χ1n) is 3.16. The SMILES string of the molecule is C.CC(C)C.c1c[nH]cn1. The largest absolute Gasteiger partial charge is 0.351 e. The number of H-pyrrole nitrogens is 1. The van der Waals surface area contributed by atoms with E-state index in [9.17, 15) is 0 Å². The molecule has 0 aliphatic rings. The molecule has 0 radical (unpaired) electrons. The van der Waals surface area contributed by atoms with Crippen molar-refractivity contribution in [3.63, 3.8) is 0 Å². The van der Waals surface area contributed by atoms with Crippen LogP contribution in [0.4, 0.5) is 0 Å². The molecule has 0 unspecified atom stereocenters. The van der Waals surface area contributed by atoms with Crippen LogP contribution in [0.1, 0.15) is 28.2 Å². The number of imidazole rings is 1. The Kier molecular flexibility index (Phi) is 9.80. The molecule has 0 saturated carbocycles. The van der Waals surface area contributed by atoms with Crippen molar-refractivity contribution in [3.8, 4) is 0 Å². The number of hydrogen-bond donors (Lipinski definition) is 1. The zero-order chi connectivity index (χ0) is 7.11. The van der Waals surface area contributed by atoms with Crippen molar-refractivity contribution in [1.82, 2.24) is 9.97 Å². The normalized spacial score (nSPS) is 7.60. The summed E-state index contributed by atoms with van der Waals surface area (Å²) in [5.41, 5.74) is 0. The lowest BCUT2D eigenvalue weighted by Crippen LogP contribution is -1.66. The van der Waals surface area contributed by atoms with E-state index in [1.165, 1.54) is 0 Å². The third kappa shape index (κ3) is 15.7.